The number of nitrogens with zero attached hydrogens (tertiary/aromatic N) is 3. The lowest BCUT2D eigenvalue weighted by molar-refractivity contribution is -0.142. The number of esters is 1. The molecule has 0 saturated heterocycles. The van der Waals surface area contributed by atoms with E-state index < -0.39 is 0 Å². The van der Waals surface area contributed by atoms with Crippen LogP contribution in [0, 0.1) is 0 Å². The highest BCUT2D eigenvalue weighted by atomic mass is 35.5. The molecule has 0 aliphatic carbocycles. The fraction of sp³-hybridized carbons (Fsp3) is 0.375. The first-order valence-electron chi connectivity index (χ1n) is 7.67. The number of halogens is 1. The second kappa shape index (κ2) is 9.43. The standard InChI is InChI=1S/C16H19ClN4O3S/c1-3-24-15(23)8-13-19-20-16(21(13)2)25-10-14(22)18-9-11-4-6-12(17)7-5-11/h4-7H,3,8-10H2,1-2H3,(H,18,22). The van der Waals surface area contributed by atoms with Crippen molar-refractivity contribution in [2.45, 2.75) is 25.0 Å². The number of hydrogen-bond donors (Lipinski definition) is 1. The molecule has 25 heavy (non-hydrogen) atoms. The zero-order valence-corrected chi connectivity index (χ0v) is 15.6. The summed E-state index contributed by atoms with van der Waals surface area (Å²) >= 11 is 7.08. The minimum absolute atomic E-state index is 0.0562. The van der Waals surface area contributed by atoms with E-state index in [1.165, 1.54) is 11.8 Å². The van der Waals surface area contributed by atoms with Gasteiger partial charge in [-0.25, -0.2) is 0 Å². The molecule has 1 aromatic heterocycles. The predicted octanol–water partition coefficient (Wildman–Crippen LogP) is 1.98. The third-order valence-corrected chi connectivity index (χ3v) is 4.54. The highest BCUT2D eigenvalue weighted by Crippen LogP contribution is 2.16. The van der Waals surface area contributed by atoms with Gasteiger partial charge in [0.05, 0.1) is 12.4 Å². The van der Waals surface area contributed by atoms with E-state index in [4.69, 9.17) is 16.3 Å². The van der Waals surface area contributed by atoms with Gasteiger partial charge in [-0.2, -0.15) is 0 Å². The number of amides is 1. The van der Waals surface area contributed by atoms with Gasteiger partial charge in [0.2, 0.25) is 5.91 Å². The maximum atomic E-state index is 11.9. The van der Waals surface area contributed by atoms with E-state index in [0.717, 1.165) is 5.56 Å². The van der Waals surface area contributed by atoms with E-state index in [2.05, 4.69) is 15.5 Å². The van der Waals surface area contributed by atoms with Crippen LogP contribution in [0.1, 0.15) is 18.3 Å². The minimum Gasteiger partial charge on any atom is -0.466 e. The third-order valence-electron chi connectivity index (χ3n) is 3.27. The lowest BCUT2D eigenvalue weighted by Gasteiger charge is -2.06. The molecule has 1 aromatic carbocycles. The van der Waals surface area contributed by atoms with Crippen LogP contribution in [0.25, 0.3) is 0 Å². The van der Waals surface area contributed by atoms with E-state index >= 15 is 0 Å². The summed E-state index contributed by atoms with van der Waals surface area (Å²) in [7, 11) is 1.75. The summed E-state index contributed by atoms with van der Waals surface area (Å²) in [6.07, 6.45) is 0.0562. The Hall–Kier alpha value is -2.06. The number of nitrogens with one attached hydrogen (secondary N) is 1. The second-order valence-electron chi connectivity index (χ2n) is 5.13. The monoisotopic (exact) mass is 382 g/mol. The van der Waals surface area contributed by atoms with Crippen molar-refractivity contribution in [3.63, 3.8) is 0 Å². The van der Waals surface area contributed by atoms with Crippen LogP contribution < -0.4 is 5.32 Å². The topological polar surface area (TPSA) is 86.1 Å². The molecule has 7 nitrogen and oxygen atoms in total. The van der Waals surface area contributed by atoms with Crippen molar-refractivity contribution in [1.82, 2.24) is 20.1 Å². The van der Waals surface area contributed by atoms with E-state index in [-0.39, 0.29) is 24.1 Å². The summed E-state index contributed by atoms with van der Waals surface area (Å²) in [6.45, 7) is 2.51. The van der Waals surface area contributed by atoms with Gasteiger partial charge in [0.1, 0.15) is 12.2 Å². The van der Waals surface area contributed by atoms with Gasteiger partial charge in [0.15, 0.2) is 5.16 Å². The molecule has 0 bridgehead atoms. The third kappa shape index (κ3) is 6.06. The van der Waals surface area contributed by atoms with Crippen molar-refractivity contribution >= 4 is 35.2 Å². The van der Waals surface area contributed by atoms with Crippen LogP contribution in [0.5, 0.6) is 0 Å². The van der Waals surface area contributed by atoms with Gasteiger partial charge >= 0.3 is 5.97 Å². The first-order valence-corrected chi connectivity index (χ1v) is 9.03. The van der Waals surface area contributed by atoms with Gasteiger partial charge < -0.3 is 14.6 Å². The maximum absolute atomic E-state index is 11.9. The summed E-state index contributed by atoms with van der Waals surface area (Å²) in [5.74, 6) is 0.242. The molecule has 1 N–H and O–H groups in total. The van der Waals surface area contributed by atoms with Crippen molar-refractivity contribution in [1.29, 1.82) is 0 Å². The molecule has 134 valence electrons. The molecule has 0 aliphatic heterocycles. The average molecular weight is 383 g/mol. The summed E-state index contributed by atoms with van der Waals surface area (Å²) in [5, 5.41) is 12.0. The number of benzene rings is 1. The SMILES string of the molecule is CCOC(=O)Cc1nnc(SCC(=O)NCc2ccc(Cl)cc2)n1C. The summed E-state index contributed by atoms with van der Waals surface area (Å²) in [4.78, 5) is 23.4. The lowest BCUT2D eigenvalue weighted by atomic mass is 10.2. The van der Waals surface area contributed by atoms with Crippen molar-refractivity contribution < 1.29 is 14.3 Å². The van der Waals surface area contributed by atoms with Crippen molar-refractivity contribution in [2.75, 3.05) is 12.4 Å². The van der Waals surface area contributed by atoms with Crippen LogP contribution in [-0.4, -0.2) is 39.0 Å². The highest BCUT2D eigenvalue weighted by Gasteiger charge is 2.14. The molecule has 0 aliphatic rings. The van der Waals surface area contributed by atoms with Gasteiger partial charge in [-0.3, -0.25) is 9.59 Å². The molecule has 9 heteroatoms. The average Bonchev–Trinajstić information content (AvgIpc) is 2.93. The fourth-order valence-electron chi connectivity index (χ4n) is 1.95. The van der Waals surface area contributed by atoms with Crippen molar-refractivity contribution in [2.24, 2.45) is 7.05 Å². The second-order valence-corrected chi connectivity index (χ2v) is 6.51. The van der Waals surface area contributed by atoms with E-state index in [1.54, 1.807) is 30.7 Å². The van der Waals surface area contributed by atoms with Crippen LogP contribution >= 0.6 is 23.4 Å². The summed E-state index contributed by atoms with van der Waals surface area (Å²) < 4.78 is 6.58. The first kappa shape index (κ1) is 19.3. The first-order chi connectivity index (χ1) is 12.0. The Morgan fingerprint density at radius 3 is 2.68 bits per heavy atom. The van der Waals surface area contributed by atoms with Crippen LogP contribution in [0.3, 0.4) is 0 Å². The Morgan fingerprint density at radius 2 is 2.00 bits per heavy atom. The van der Waals surface area contributed by atoms with Gasteiger partial charge in [-0.15, -0.1) is 10.2 Å². The molecule has 0 saturated carbocycles. The molecule has 2 aromatic rings. The molecular weight excluding hydrogens is 364 g/mol. The van der Waals surface area contributed by atoms with E-state index in [9.17, 15) is 9.59 Å². The summed E-state index contributed by atoms with van der Waals surface area (Å²) in [6, 6.07) is 7.28. The van der Waals surface area contributed by atoms with Gasteiger partial charge in [0, 0.05) is 18.6 Å². The van der Waals surface area contributed by atoms with Crippen molar-refractivity contribution in [3.05, 3.63) is 40.7 Å². The van der Waals surface area contributed by atoms with E-state index in [1.807, 2.05) is 12.1 Å². The summed E-state index contributed by atoms with van der Waals surface area (Å²) in [5.41, 5.74) is 0.970. The number of aromatic nitrogens is 3. The van der Waals surface area contributed by atoms with Crippen molar-refractivity contribution in [3.8, 4) is 0 Å². The number of rotatable bonds is 8. The van der Waals surface area contributed by atoms with Gasteiger partial charge in [-0.1, -0.05) is 35.5 Å². The van der Waals surface area contributed by atoms with Crippen LogP contribution in [0.2, 0.25) is 5.02 Å². The number of carbonyl (C=O) groups excluding carboxylic acids is 2. The molecule has 1 amide bonds. The largest absolute Gasteiger partial charge is 0.466 e. The Kier molecular flexibility index (Phi) is 7.27. The number of carbonyl (C=O) groups is 2. The number of thioether (sulfide) groups is 1. The molecule has 2 rings (SSSR count). The Labute approximate surface area is 155 Å². The maximum Gasteiger partial charge on any atom is 0.313 e. The molecule has 0 radical (unpaired) electrons. The predicted molar refractivity (Wildman–Crippen MR) is 95.4 cm³/mol. The number of ether oxygens (including phenoxy) is 1. The zero-order valence-electron chi connectivity index (χ0n) is 14.0. The zero-order chi connectivity index (χ0) is 18.2. The molecule has 1 heterocycles. The lowest BCUT2D eigenvalue weighted by Crippen LogP contribution is -2.24. The Balaban J connectivity index is 1.80. The van der Waals surface area contributed by atoms with Crippen LogP contribution in [-0.2, 0) is 34.3 Å². The molecule has 0 unspecified atom stereocenters. The van der Waals surface area contributed by atoms with Gasteiger partial charge in [0.25, 0.3) is 0 Å². The molecule has 0 fully saturated rings. The fourth-order valence-corrected chi connectivity index (χ4v) is 2.84. The quantitative estimate of drug-likeness (QED) is 0.555. The van der Waals surface area contributed by atoms with E-state index in [0.29, 0.717) is 29.2 Å². The molecular formula is C16H19ClN4O3S. The normalized spacial score (nSPS) is 10.5. The van der Waals surface area contributed by atoms with Crippen LogP contribution in [0.4, 0.5) is 0 Å². The highest BCUT2D eigenvalue weighted by molar-refractivity contribution is 7.99. The van der Waals surface area contributed by atoms with Crippen LogP contribution in [0.15, 0.2) is 29.4 Å². The molecule has 0 spiro atoms. The Bertz CT molecular complexity index is 733. The van der Waals surface area contributed by atoms with Gasteiger partial charge in [-0.05, 0) is 24.6 Å². The molecule has 0 atom stereocenters. The Morgan fingerprint density at radius 1 is 1.28 bits per heavy atom. The number of hydrogen-bond acceptors (Lipinski definition) is 6. The minimum atomic E-state index is -0.352. The smallest absolute Gasteiger partial charge is 0.313 e.